The zero-order valence-corrected chi connectivity index (χ0v) is 8.97. The van der Waals surface area contributed by atoms with E-state index < -0.39 is 0 Å². The molecule has 3 nitrogen and oxygen atoms in total. The van der Waals surface area contributed by atoms with Crippen LogP contribution in [0.4, 0.5) is 0 Å². The SMILES string of the molecule is CCN(CC1CC1)C(=NC#N)SC. The topological polar surface area (TPSA) is 39.4 Å². The third-order valence-electron chi connectivity index (χ3n) is 2.16. The second-order valence-electron chi connectivity index (χ2n) is 3.18. The highest BCUT2D eigenvalue weighted by molar-refractivity contribution is 8.13. The zero-order chi connectivity index (χ0) is 9.68. The van der Waals surface area contributed by atoms with Crippen molar-refractivity contribution < 1.29 is 0 Å². The Bertz CT molecular complexity index is 228. The smallest absolute Gasteiger partial charge is 0.208 e. The number of nitriles is 1. The average molecular weight is 197 g/mol. The normalized spacial score (nSPS) is 16.8. The molecule has 0 heterocycles. The summed E-state index contributed by atoms with van der Waals surface area (Å²) in [6.45, 7) is 4.11. The van der Waals surface area contributed by atoms with E-state index in [-0.39, 0.29) is 0 Å². The molecule has 1 rings (SSSR count). The standard InChI is InChI=1S/C9H15N3S/c1-3-12(6-8-4-5-8)9(13-2)11-7-10/h8H,3-6H2,1-2H3. The minimum atomic E-state index is 0.844. The van der Waals surface area contributed by atoms with E-state index in [1.54, 1.807) is 11.8 Å². The lowest BCUT2D eigenvalue weighted by Gasteiger charge is -2.21. The first kappa shape index (κ1) is 10.4. The fraction of sp³-hybridized carbons (Fsp3) is 0.778. The summed E-state index contributed by atoms with van der Waals surface area (Å²) >= 11 is 1.55. The summed E-state index contributed by atoms with van der Waals surface area (Å²) in [5.41, 5.74) is 0. The summed E-state index contributed by atoms with van der Waals surface area (Å²) in [7, 11) is 0. The molecule has 0 aromatic carbocycles. The Hall–Kier alpha value is -0.690. The minimum absolute atomic E-state index is 0.844. The van der Waals surface area contributed by atoms with Crippen molar-refractivity contribution in [3.05, 3.63) is 0 Å². The van der Waals surface area contributed by atoms with Crippen LogP contribution in [-0.4, -0.2) is 29.4 Å². The Kier molecular flexibility index (Phi) is 4.10. The van der Waals surface area contributed by atoms with Crippen LogP contribution < -0.4 is 0 Å². The van der Waals surface area contributed by atoms with Gasteiger partial charge in [-0.1, -0.05) is 11.8 Å². The van der Waals surface area contributed by atoms with Gasteiger partial charge in [-0.3, -0.25) is 0 Å². The summed E-state index contributed by atoms with van der Waals surface area (Å²) in [6.07, 6.45) is 6.49. The number of hydrogen-bond donors (Lipinski definition) is 0. The van der Waals surface area contributed by atoms with E-state index >= 15 is 0 Å². The van der Waals surface area contributed by atoms with Crippen molar-refractivity contribution in [3.63, 3.8) is 0 Å². The summed E-state index contributed by atoms with van der Waals surface area (Å²) in [6, 6.07) is 0. The Labute approximate surface area is 83.8 Å². The Morgan fingerprint density at radius 2 is 2.38 bits per heavy atom. The molecule has 0 amide bonds. The number of hydrogen-bond acceptors (Lipinski definition) is 3. The zero-order valence-electron chi connectivity index (χ0n) is 8.16. The molecule has 0 atom stereocenters. The number of thioether (sulfide) groups is 1. The van der Waals surface area contributed by atoms with Gasteiger partial charge >= 0.3 is 0 Å². The van der Waals surface area contributed by atoms with Crippen molar-refractivity contribution in [1.82, 2.24) is 4.90 Å². The van der Waals surface area contributed by atoms with Crippen molar-refractivity contribution >= 4 is 16.9 Å². The van der Waals surface area contributed by atoms with Gasteiger partial charge in [-0.05, 0) is 31.9 Å². The molecule has 0 saturated heterocycles. The van der Waals surface area contributed by atoms with Crippen molar-refractivity contribution in [2.24, 2.45) is 10.9 Å². The van der Waals surface area contributed by atoms with Crippen LogP contribution in [0.5, 0.6) is 0 Å². The first-order valence-corrected chi connectivity index (χ1v) is 5.80. The highest BCUT2D eigenvalue weighted by Crippen LogP contribution is 2.30. The highest BCUT2D eigenvalue weighted by atomic mass is 32.2. The van der Waals surface area contributed by atoms with Gasteiger partial charge in [0.15, 0.2) is 5.17 Å². The van der Waals surface area contributed by atoms with E-state index in [2.05, 4.69) is 16.8 Å². The van der Waals surface area contributed by atoms with Crippen molar-refractivity contribution in [2.75, 3.05) is 19.3 Å². The minimum Gasteiger partial charge on any atom is -0.351 e. The van der Waals surface area contributed by atoms with Crippen LogP contribution in [0.2, 0.25) is 0 Å². The predicted octanol–water partition coefficient (Wildman–Crippen LogP) is 1.92. The van der Waals surface area contributed by atoms with E-state index in [4.69, 9.17) is 5.26 Å². The molecule has 1 fully saturated rings. The number of aliphatic imine (C=N–C) groups is 1. The van der Waals surface area contributed by atoms with E-state index in [1.165, 1.54) is 12.8 Å². The second kappa shape index (κ2) is 5.13. The fourth-order valence-electron chi connectivity index (χ4n) is 1.24. The molecular weight excluding hydrogens is 182 g/mol. The molecule has 72 valence electrons. The molecular formula is C9H15N3S. The molecule has 0 radical (unpaired) electrons. The number of rotatable bonds is 3. The largest absolute Gasteiger partial charge is 0.351 e. The van der Waals surface area contributed by atoms with Gasteiger partial charge in [0, 0.05) is 13.1 Å². The second-order valence-corrected chi connectivity index (χ2v) is 3.95. The highest BCUT2D eigenvalue weighted by Gasteiger charge is 2.24. The molecule has 0 spiro atoms. The molecule has 13 heavy (non-hydrogen) atoms. The maximum absolute atomic E-state index is 8.48. The van der Waals surface area contributed by atoms with Gasteiger partial charge in [-0.25, -0.2) is 0 Å². The van der Waals surface area contributed by atoms with Gasteiger partial charge in [0.2, 0.25) is 6.19 Å². The lowest BCUT2D eigenvalue weighted by atomic mass is 10.4. The number of nitrogens with zero attached hydrogens (tertiary/aromatic N) is 3. The van der Waals surface area contributed by atoms with Crippen molar-refractivity contribution in [3.8, 4) is 6.19 Å². The van der Waals surface area contributed by atoms with Crippen LogP contribution in [0.25, 0.3) is 0 Å². The van der Waals surface area contributed by atoms with Gasteiger partial charge in [0.1, 0.15) is 0 Å². The molecule has 4 heteroatoms. The molecule has 0 N–H and O–H groups in total. The molecule has 1 aliphatic carbocycles. The van der Waals surface area contributed by atoms with Crippen LogP contribution >= 0.6 is 11.8 Å². The summed E-state index contributed by atoms with van der Waals surface area (Å²) < 4.78 is 0. The van der Waals surface area contributed by atoms with Gasteiger partial charge in [0.05, 0.1) is 0 Å². The fourth-order valence-corrected chi connectivity index (χ4v) is 1.84. The summed E-state index contributed by atoms with van der Waals surface area (Å²) in [5, 5.41) is 9.34. The van der Waals surface area contributed by atoms with Gasteiger partial charge < -0.3 is 4.90 Å². The molecule has 0 unspecified atom stereocenters. The molecule has 0 aromatic rings. The molecule has 1 aliphatic rings. The maximum Gasteiger partial charge on any atom is 0.208 e. The summed E-state index contributed by atoms with van der Waals surface area (Å²) in [5.74, 6) is 0.844. The first-order chi connectivity index (χ1) is 6.31. The summed E-state index contributed by atoms with van der Waals surface area (Å²) in [4.78, 5) is 5.99. The van der Waals surface area contributed by atoms with Gasteiger partial charge in [-0.15, -0.1) is 4.99 Å². The Morgan fingerprint density at radius 3 is 2.77 bits per heavy atom. The molecule has 0 aliphatic heterocycles. The monoisotopic (exact) mass is 197 g/mol. The molecule has 0 aromatic heterocycles. The third-order valence-corrected chi connectivity index (χ3v) is 2.87. The quantitative estimate of drug-likeness (QED) is 0.394. The van der Waals surface area contributed by atoms with Crippen LogP contribution in [0.1, 0.15) is 19.8 Å². The number of amidine groups is 1. The van der Waals surface area contributed by atoms with Crippen LogP contribution in [0, 0.1) is 17.4 Å². The van der Waals surface area contributed by atoms with Gasteiger partial charge in [0.25, 0.3) is 0 Å². The van der Waals surface area contributed by atoms with Crippen molar-refractivity contribution in [2.45, 2.75) is 19.8 Å². The lowest BCUT2D eigenvalue weighted by molar-refractivity contribution is 0.427. The van der Waals surface area contributed by atoms with E-state index in [0.29, 0.717) is 0 Å². The maximum atomic E-state index is 8.48. The molecule has 0 bridgehead atoms. The van der Waals surface area contributed by atoms with Crippen LogP contribution in [-0.2, 0) is 0 Å². The van der Waals surface area contributed by atoms with Crippen molar-refractivity contribution in [1.29, 1.82) is 5.26 Å². The average Bonchev–Trinajstić information content (AvgIpc) is 2.94. The third kappa shape index (κ3) is 3.27. The molecule has 1 saturated carbocycles. The lowest BCUT2D eigenvalue weighted by Crippen LogP contribution is -2.30. The Balaban J connectivity index is 2.51. The van der Waals surface area contributed by atoms with Gasteiger partial charge in [-0.2, -0.15) is 5.26 Å². The van der Waals surface area contributed by atoms with Crippen LogP contribution in [0.15, 0.2) is 4.99 Å². The van der Waals surface area contributed by atoms with E-state index in [1.807, 2.05) is 12.4 Å². The Morgan fingerprint density at radius 1 is 1.69 bits per heavy atom. The first-order valence-electron chi connectivity index (χ1n) is 4.57. The predicted molar refractivity (Wildman–Crippen MR) is 56.5 cm³/mol. The van der Waals surface area contributed by atoms with E-state index in [0.717, 1.165) is 24.2 Å². The van der Waals surface area contributed by atoms with Crippen LogP contribution in [0.3, 0.4) is 0 Å². The van der Waals surface area contributed by atoms with E-state index in [9.17, 15) is 0 Å².